The normalized spacial score (nSPS) is 10.6. The Morgan fingerprint density at radius 2 is 1.65 bits per heavy atom. The minimum Gasteiger partial charge on any atom is -0.380 e. The minimum absolute atomic E-state index is 0.713. The lowest BCUT2D eigenvalue weighted by atomic mass is 10.2. The van der Waals surface area contributed by atoms with E-state index in [2.05, 4.69) is 41.4 Å². The molecule has 0 radical (unpaired) electrons. The number of rotatable bonds is 11. The van der Waals surface area contributed by atoms with E-state index in [0.29, 0.717) is 6.61 Å². The maximum absolute atomic E-state index is 5.54. The van der Waals surface area contributed by atoms with Crippen molar-refractivity contribution in [1.29, 1.82) is 0 Å². The number of nitrogens with zero attached hydrogens (tertiary/aromatic N) is 2. The van der Waals surface area contributed by atoms with Crippen LogP contribution in [0.1, 0.15) is 45.6 Å². The van der Waals surface area contributed by atoms with E-state index in [1.165, 1.54) is 6.42 Å². The molecule has 0 saturated carbocycles. The van der Waals surface area contributed by atoms with Crippen LogP contribution in [-0.2, 0) is 11.2 Å². The molecule has 0 fully saturated rings. The third-order valence-electron chi connectivity index (χ3n) is 3.02. The van der Waals surface area contributed by atoms with Crippen LogP contribution < -0.4 is 10.6 Å². The van der Waals surface area contributed by atoms with Crippen LogP contribution in [0, 0.1) is 0 Å². The van der Waals surface area contributed by atoms with E-state index in [4.69, 9.17) is 4.74 Å². The summed E-state index contributed by atoms with van der Waals surface area (Å²) in [4.78, 5) is 8.66. The number of aromatic nitrogens is 2. The summed E-state index contributed by atoms with van der Waals surface area (Å²) in [6, 6.07) is 0. The van der Waals surface area contributed by atoms with Gasteiger partial charge in [0.05, 0.1) is 6.61 Å². The van der Waals surface area contributed by atoms with Gasteiger partial charge in [-0.3, -0.25) is 0 Å². The van der Waals surface area contributed by atoms with Crippen LogP contribution in [0.4, 0.5) is 11.6 Å². The second-order valence-corrected chi connectivity index (χ2v) is 4.72. The smallest absolute Gasteiger partial charge is 0.134 e. The molecule has 0 aliphatic rings. The zero-order valence-corrected chi connectivity index (χ0v) is 13.0. The first-order valence-electron chi connectivity index (χ1n) is 7.72. The summed E-state index contributed by atoms with van der Waals surface area (Å²) in [5.74, 6) is 1.86. The molecule has 0 spiro atoms. The second kappa shape index (κ2) is 10.4. The van der Waals surface area contributed by atoms with Gasteiger partial charge >= 0.3 is 0 Å². The molecule has 0 bridgehead atoms. The highest BCUT2D eigenvalue weighted by Gasteiger charge is 2.08. The maximum atomic E-state index is 5.54. The van der Waals surface area contributed by atoms with E-state index in [1.54, 1.807) is 6.33 Å². The molecule has 2 N–H and O–H groups in total. The van der Waals surface area contributed by atoms with Gasteiger partial charge in [0, 0.05) is 25.3 Å². The Bertz CT molecular complexity index is 371. The number of nitrogens with one attached hydrogen (secondary N) is 2. The van der Waals surface area contributed by atoms with Crippen LogP contribution in [0.25, 0.3) is 0 Å². The Morgan fingerprint density at radius 1 is 0.950 bits per heavy atom. The molecule has 0 saturated heterocycles. The number of hydrogen-bond donors (Lipinski definition) is 2. The third kappa shape index (κ3) is 5.74. The Balaban J connectivity index is 2.47. The van der Waals surface area contributed by atoms with Crippen molar-refractivity contribution in [2.24, 2.45) is 0 Å². The van der Waals surface area contributed by atoms with E-state index in [9.17, 15) is 0 Å². The SMILES string of the molecule is CCCCOCCNc1ncnc(NCCC)c1CC. The van der Waals surface area contributed by atoms with Gasteiger partial charge in [0.2, 0.25) is 0 Å². The fraction of sp³-hybridized carbons (Fsp3) is 0.733. The van der Waals surface area contributed by atoms with E-state index in [0.717, 1.165) is 56.2 Å². The van der Waals surface area contributed by atoms with Gasteiger partial charge in [-0.25, -0.2) is 9.97 Å². The molecular formula is C15H28N4O. The molecule has 0 atom stereocenters. The van der Waals surface area contributed by atoms with Gasteiger partial charge in [-0.1, -0.05) is 27.2 Å². The Labute approximate surface area is 122 Å². The quantitative estimate of drug-likeness (QED) is 0.610. The Morgan fingerprint density at radius 3 is 2.25 bits per heavy atom. The summed E-state index contributed by atoms with van der Waals surface area (Å²) in [5.41, 5.74) is 1.15. The Kier molecular flexibility index (Phi) is 8.71. The van der Waals surface area contributed by atoms with E-state index in [1.807, 2.05) is 0 Å². The summed E-state index contributed by atoms with van der Waals surface area (Å²) < 4.78 is 5.54. The third-order valence-corrected chi connectivity index (χ3v) is 3.02. The van der Waals surface area contributed by atoms with Crippen LogP contribution in [0.2, 0.25) is 0 Å². The van der Waals surface area contributed by atoms with Crippen LogP contribution in [0.5, 0.6) is 0 Å². The standard InChI is InChI=1S/C15H28N4O/c1-4-7-10-20-11-9-17-15-13(6-3)14(16-8-5-2)18-12-19-15/h12H,4-11H2,1-3H3,(H2,16,17,18,19). The topological polar surface area (TPSA) is 59.1 Å². The van der Waals surface area contributed by atoms with Crippen molar-refractivity contribution in [2.75, 3.05) is 36.9 Å². The summed E-state index contributed by atoms with van der Waals surface area (Å²) in [6.45, 7) is 9.70. The molecule has 0 amide bonds. The average Bonchev–Trinajstić information content (AvgIpc) is 2.48. The minimum atomic E-state index is 0.713. The van der Waals surface area contributed by atoms with Crippen molar-refractivity contribution < 1.29 is 4.74 Å². The summed E-state index contributed by atoms with van der Waals surface area (Å²) in [5, 5.41) is 6.69. The lowest BCUT2D eigenvalue weighted by Crippen LogP contribution is -2.14. The van der Waals surface area contributed by atoms with Crippen LogP contribution in [0.15, 0.2) is 6.33 Å². The molecule has 1 rings (SSSR count). The highest BCUT2D eigenvalue weighted by Crippen LogP contribution is 2.20. The molecule has 0 unspecified atom stereocenters. The van der Waals surface area contributed by atoms with E-state index < -0.39 is 0 Å². The lowest BCUT2D eigenvalue weighted by Gasteiger charge is -2.14. The predicted molar refractivity (Wildman–Crippen MR) is 84.4 cm³/mol. The van der Waals surface area contributed by atoms with E-state index >= 15 is 0 Å². The van der Waals surface area contributed by atoms with Crippen molar-refractivity contribution >= 4 is 11.6 Å². The average molecular weight is 280 g/mol. The highest BCUT2D eigenvalue weighted by molar-refractivity contribution is 5.57. The molecule has 5 nitrogen and oxygen atoms in total. The van der Waals surface area contributed by atoms with Gasteiger partial charge in [-0.2, -0.15) is 0 Å². The van der Waals surface area contributed by atoms with Crippen molar-refractivity contribution in [3.63, 3.8) is 0 Å². The molecule has 0 aliphatic heterocycles. The number of hydrogen-bond acceptors (Lipinski definition) is 5. The zero-order valence-electron chi connectivity index (χ0n) is 13.0. The van der Waals surface area contributed by atoms with E-state index in [-0.39, 0.29) is 0 Å². The first-order chi connectivity index (χ1) is 9.83. The highest BCUT2D eigenvalue weighted by atomic mass is 16.5. The summed E-state index contributed by atoms with van der Waals surface area (Å²) >= 11 is 0. The molecule has 1 heterocycles. The molecule has 0 aliphatic carbocycles. The maximum Gasteiger partial charge on any atom is 0.134 e. The monoisotopic (exact) mass is 280 g/mol. The summed E-state index contributed by atoms with van der Waals surface area (Å²) in [6.07, 6.45) is 5.90. The van der Waals surface area contributed by atoms with Gasteiger partial charge in [-0.05, 0) is 19.3 Å². The van der Waals surface area contributed by atoms with Crippen molar-refractivity contribution in [3.8, 4) is 0 Å². The first kappa shape index (κ1) is 16.7. The fourth-order valence-electron chi connectivity index (χ4n) is 1.89. The zero-order chi connectivity index (χ0) is 14.6. The van der Waals surface area contributed by atoms with Crippen LogP contribution in [-0.4, -0.2) is 36.3 Å². The molecule has 1 aromatic rings. The first-order valence-corrected chi connectivity index (χ1v) is 7.72. The number of anilines is 2. The predicted octanol–water partition coefficient (Wildman–Crippen LogP) is 3.09. The van der Waals surface area contributed by atoms with Gasteiger partial charge in [0.25, 0.3) is 0 Å². The largest absolute Gasteiger partial charge is 0.380 e. The summed E-state index contributed by atoms with van der Waals surface area (Å²) in [7, 11) is 0. The molecule has 20 heavy (non-hydrogen) atoms. The molecule has 114 valence electrons. The number of unbranched alkanes of at least 4 members (excludes halogenated alkanes) is 1. The van der Waals surface area contributed by atoms with Gasteiger partial charge in [0.1, 0.15) is 18.0 Å². The molecular weight excluding hydrogens is 252 g/mol. The van der Waals surface area contributed by atoms with Gasteiger partial charge < -0.3 is 15.4 Å². The van der Waals surface area contributed by atoms with Crippen molar-refractivity contribution in [2.45, 2.75) is 46.5 Å². The van der Waals surface area contributed by atoms with Gasteiger partial charge in [0.15, 0.2) is 0 Å². The Hall–Kier alpha value is -1.36. The molecule has 5 heteroatoms. The molecule has 0 aromatic carbocycles. The van der Waals surface area contributed by atoms with Crippen molar-refractivity contribution in [3.05, 3.63) is 11.9 Å². The van der Waals surface area contributed by atoms with Crippen LogP contribution in [0.3, 0.4) is 0 Å². The van der Waals surface area contributed by atoms with Gasteiger partial charge in [-0.15, -0.1) is 0 Å². The molecule has 1 aromatic heterocycles. The second-order valence-electron chi connectivity index (χ2n) is 4.72. The number of ether oxygens (including phenoxy) is 1. The van der Waals surface area contributed by atoms with Crippen molar-refractivity contribution in [1.82, 2.24) is 9.97 Å². The van der Waals surface area contributed by atoms with Crippen LogP contribution >= 0.6 is 0 Å². The fourth-order valence-corrected chi connectivity index (χ4v) is 1.89. The lowest BCUT2D eigenvalue weighted by molar-refractivity contribution is 0.141.